The number of halogens is 2. The molecule has 0 aliphatic rings. The van der Waals surface area contributed by atoms with Gasteiger partial charge in [0.15, 0.2) is 5.96 Å². The maximum atomic E-state index is 13.3. The number of H-pyrrole nitrogens is 1. The van der Waals surface area contributed by atoms with Crippen LogP contribution in [0.25, 0.3) is 10.9 Å². The van der Waals surface area contributed by atoms with Gasteiger partial charge in [-0.2, -0.15) is 0 Å². The molecule has 30 heavy (non-hydrogen) atoms. The summed E-state index contributed by atoms with van der Waals surface area (Å²) in [6, 6.07) is 12.9. The minimum atomic E-state index is -3.52. The third-order valence-corrected chi connectivity index (χ3v) is 5.88. The highest BCUT2D eigenvalue weighted by atomic mass is 127. The monoisotopic (exact) mass is 545 g/mol. The predicted molar refractivity (Wildman–Crippen MR) is 128 cm³/mol. The average Bonchev–Trinajstić information content (AvgIpc) is 3.12. The van der Waals surface area contributed by atoms with Gasteiger partial charge < -0.3 is 15.6 Å². The van der Waals surface area contributed by atoms with Crippen LogP contribution in [0.5, 0.6) is 0 Å². The van der Waals surface area contributed by atoms with E-state index in [9.17, 15) is 12.8 Å². The Balaban J connectivity index is 0.00000320. The molecular weight excluding hydrogens is 520 g/mol. The Labute approximate surface area is 192 Å². The van der Waals surface area contributed by atoms with Crippen LogP contribution < -0.4 is 15.4 Å². The number of aliphatic imine (C=N–C) groups is 1. The number of rotatable bonds is 8. The summed E-state index contributed by atoms with van der Waals surface area (Å²) in [7, 11) is -1.87. The number of fused-ring (bicyclic) bond motifs is 1. The van der Waals surface area contributed by atoms with E-state index in [4.69, 9.17) is 0 Å². The standard InChI is InChI=1S/C20H24FN5O2S.HI/c1-22-20(24-11-12-26-29(27,28)17-5-3-2-4-6-17)23-10-9-15-14-25-19-13-16(21)7-8-18(15)19;/h2-8,13-14,25-26H,9-12H2,1H3,(H2,22,23,24);1H. The Morgan fingerprint density at radius 1 is 1.07 bits per heavy atom. The second kappa shape index (κ2) is 11.3. The second-order valence-electron chi connectivity index (χ2n) is 6.39. The largest absolute Gasteiger partial charge is 0.361 e. The minimum Gasteiger partial charge on any atom is -0.361 e. The van der Waals surface area contributed by atoms with Gasteiger partial charge >= 0.3 is 0 Å². The molecule has 2 aromatic carbocycles. The first kappa shape index (κ1) is 24.1. The number of aromatic nitrogens is 1. The van der Waals surface area contributed by atoms with Crippen molar-refractivity contribution in [2.75, 3.05) is 26.7 Å². The molecule has 0 saturated heterocycles. The lowest BCUT2D eigenvalue weighted by molar-refractivity contribution is 0.580. The van der Waals surface area contributed by atoms with Gasteiger partial charge in [-0.1, -0.05) is 18.2 Å². The molecule has 0 radical (unpaired) electrons. The molecule has 10 heteroatoms. The zero-order valence-corrected chi connectivity index (χ0v) is 19.6. The predicted octanol–water partition coefficient (Wildman–Crippen LogP) is 2.61. The summed E-state index contributed by atoms with van der Waals surface area (Å²) in [5.41, 5.74) is 1.85. The maximum Gasteiger partial charge on any atom is 0.240 e. The van der Waals surface area contributed by atoms with Crippen molar-refractivity contribution < 1.29 is 12.8 Å². The molecule has 0 bridgehead atoms. The summed E-state index contributed by atoms with van der Waals surface area (Å²) < 4.78 is 40.2. The molecule has 1 heterocycles. The van der Waals surface area contributed by atoms with Gasteiger partial charge in [0.05, 0.1) is 4.90 Å². The van der Waals surface area contributed by atoms with Gasteiger partial charge in [0.1, 0.15) is 5.82 Å². The molecule has 0 atom stereocenters. The number of aromatic amines is 1. The van der Waals surface area contributed by atoms with E-state index in [1.807, 2.05) is 6.20 Å². The summed E-state index contributed by atoms with van der Waals surface area (Å²) >= 11 is 0. The zero-order chi connectivity index (χ0) is 20.7. The van der Waals surface area contributed by atoms with Crippen molar-refractivity contribution in [3.63, 3.8) is 0 Å². The molecule has 0 aliphatic carbocycles. The van der Waals surface area contributed by atoms with E-state index in [1.165, 1.54) is 12.1 Å². The molecular formula is C20H25FIN5O2S. The minimum absolute atomic E-state index is 0. The van der Waals surface area contributed by atoms with Crippen molar-refractivity contribution in [1.29, 1.82) is 0 Å². The first-order valence-electron chi connectivity index (χ1n) is 9.24. The van der Waals surface area contributed by atoms with Crippen molar-refractivity contribution >= 4 is 50.9 Å². The van der Waals surface area contributed by atoms with E-state index >= 15 is 0 Å². The lowest BCUT2D eigenvalue weighted by Gasteiger charge is -2.12. The molecule has 0 aliphatic heterocycles. The maximum absolute atomic E-state index is 13.3. The zero-order valence-electron chi connectivity index (χ0n) is 16.5. The SMILES string of the molecule is CN=C(NCCNS(=O)(=O)c1ccccc1)NCCc1c[nH]c2cc(F)ccc12.I. The lowest BCUT2D eigenvalue weighted by Crippen LogP contribution is -2.42. The highest BCUT2D eigenvalue weighted by Crippen LogP contribution is 2.19. The fourth-order valence-electron chi connectivity index (χ4n) is 2.95. The van der Waals surface area contributed by atoms with Crippen LogP contribution in [0, 0.1) is 5.82 Å². The topological polar surface area (TPSA) is 98.4 Å². The number of nitrogens with one attached hydrogen (secondary N) is 4. The number of benzene rings is 2. The number of hydrogen-bond acceptors (Lipinski definition) is 3. The molecule has 7 nitrogen and oxygen atoms in total. The first-order chi connectivity index (χ1) is 14.0. The third kappa shape index (κ3) is 6.41. The summed E-state index contributed by atoms with van der Waals surface area (Å²) in [6.45, 7) is 1.24. The Bertz CT molecular complexity index is 1090. The van der Waals surface area contributed by atoms with Crippen LogP contribution in [0.3, 0.4) is 0 Å². The average molecular weight is 545 g/mol. The first-order valence-corrected chi connectivity index (χ1v) is 10.7. The highest BCUT2D eigenvalue weighted by Gasteiger charge is 2.12. The van der Waals surface area contributed by atoms with Gasteiger partial charge in [-0.05, 0) is 42.3 Å². The van der Waals surface area contributed by atoms with Crippen LogP contribution in [0.2, 0.25) is 0 Å². The van der Waals surface area contributed by atoms with Crippen LogP contribution in [0.4, 0.5) is 4.39 Å². The van der Waals surface area contributed by atoms with Gasteiger partial charge in [0, 0.05) is 43.8 Å². The molecule has 0 spiro atoms. The van der Waals surface area contributed by atoms with E-state index in [0.29, 0.717) is 19.0 Å². The van der Waals surface area contributed by atoms with Crippen LogP contribution in [0.15, 0.2) is 64.6 Å². The highest BCUT2D eigenvalue weighted by molar-refractivity contribution is 14.0. The van der Waals surface area contributed by atoms with Crippen LogP contribution in [0.1, 0.15) is 5.56 Å². The summed E-state index contributed by atoms with van der Waals surface area (Å²) in [4.78, 5) is 7.44. The Morgan fingerprint density at radius 3 is 2.53 bits per heavy atom. The van der Waals surface area contributed by atoms with Crippen LogP contribution in [-0.4, -0.2) is 46.0 Å². The van der Waals surface area contributed by atoms with E-state index in [0.717, 1.165) is 22.9 Å². The number of guanidine groups is 1. The van der Waals surface area contributed by atoms with Crippen molar-refractivity contribution in [2.45, 2.75) is 11.3 Å². The normalized spacial score (nSPS) is 11.9. The van der Waals surface area contributed by atoms with Crippen molar-refractivity contribution in [2.24, 2.45) is 4.99 Å². The van der Waals surface area contributed by atoms with Crippen molar-refractivity contribution in [3.8, 4) is 0 Å². The molecule has 0 unspecified atom stereocenters. The Kier molecular flexibility index (Phi) is 9.06. The molecule has 0 amide bonds. The summed E-state index contributed by atoms with van der Waals surface area (Å²) in [6.07, 6.45) is 2.60. The molecule has 162 valence electrons. The molecule has 1 aromatic heterocycles. The molecule has 0 fully saturated rings. The summed E-state index contributed by atoms with van der Waals surface area (Å²) in [5, 5.41) is 7.25. The quantitative estimate of drug-likeness (QED) is 0.152. The molecule has 3 rings (SSSR count). The van der Waals surface area contributed by atoms with E-state index < -0.39 is 10.0 Å². The lowest BCUT2D eigenvalue weighted by atomic mass is 10.1. The Morgan fingerprint density at radius 2 is 1.80 bits per heavy atom. The smallest absolute Gasteiger partial charge is 0.240 e. The van der Waals surface area contributed by atoms with Crippen molar-refractivity contribution in [3.05, 3.63) is 66.1 Å². The fourth-order valence-corrected chi connectivity index (χ4v) is 4.00. The van der Waals surface area contributed by atoms with Crippen LogP contribution >= 0.6 is 24.0 Å². The summed E-state index contributed by atoms with van der Waals surface area (Å²) in [5.74, 6) is 0.311. The van der Waals surface area contributed by atoms with Crippen LogP contribution in [-0.2, 0) is 16.4 Å². The number of nitrogens with zero attached hydrogens (tertiary/aromatic N) is 1. The van der Waals surface area contributed by atoms with Gasteiger partial charge in [0.25, 0.3) is 0 Å². The Hall–Kier alpha value is -2.18. The molecule has 0 saturated carbocycles. The molecule has 4 N–H and O–H groups in total. The van der Waals surface area contributed by atoms with Gasteiger partial charge in [0.2, 0.25) is 10.0 Å². The van der Waals surface area contributed by atoms with Crippen molar-refractivity contribution in [1.82, 2.24) is 20.3 Å². The van der Waals surface area contributed by atoms with E-state index in [1.54, 1.807) is 43.4 Å². The molecule has 3 aromatic rings. The second-order valence-corrected chi connectivity index (χ2v) is 8.16. The van der Waals surface area contributed by atoms with Gasteiger partial charge in [-0.25, -0.2) is 17.5 Å². The number of hydrogen-bond donors (Lipinski definition) is 4. The van der Waals surface area contributed by atoms with E-state index in [-0.39, 0.29) is 41.2 Å². The number of sulfonamides is 1. The fraction of sp³-hybridized carbons (Fsp3) is 0.250. The third-order valence-electron chi connectivity index (χ3n) is 4.40. The van der Waals surface area contributed by atoms with E-state index in [2.05, 4.69) is 25.3 Å². The van der Waals surface area contributed by atoms with Gasteiger partial charge in [-0.3, -0.25) is 4.99 Å². The van der Waals surface area contributed by atoms with Gasteiger partial charge in [-0.15, -0.1) is 24.0 Å².